The first kappa shape index (κ1) is 14.0. The summed E-state index contributed by atoms with van der Waals surface area (Å²) in [6, 6.07) is 6.71. The molecular weight excluding hydrogens is 304 g/mol. The van der Waals surface area contributed by atoms with Crippen LogP contribution in [0, 0.1) is 11.3 Å². The van der Waals surface area contributed by atoms with Gasteiger partial charge in [-0.1, -0.05) is 13.3 Å². The number of halogens is 1. The fourth-order valence-corrected chi connectivity index (χ4v) is 3.11. The molecule has 1 rings (SSSR count). The van der Waals surface area contributed by atoms with Gasteiger partial charge >= 0.3 is 0 Å². The molecule has 0 spiro atoms. The largest absolute Gasteiger partial charge is 0.282 e. The number of benzene rings is 1. The van der Waals surface area contributed by atoms with E-state index < -0.39 is 10.0 Å². The van der Waals surface area contributed by atoms with Crippen molar-refractivity contribution < 1.29 is 8.42 Å². The second-order valence-corrected chi connectivity index (χ2v) is 6.28. The van der Waals surface area contributed by atoms with Crippen LogP contribution in [0.2, 0.25) is 0 Å². The van der Waals surface area contributed by atoms with Gasteiger partial charge in [0.05, 0.1) is 23.1 Å². The summed E-state index contributed by atoms with van der Waals surface area (Å²) in [6.07, 6.45) is 1.46. The van der Waals surface area contributed by atoms with Crippen molar-refractivity contribution in [3.05, 3.63) is 28.2 Å². The molecule has 1 N–H and O–H groups in total. The van der Waals surface area contributed by atoms with Crippen molar-refractivity contribution in [1.82, 2.24) is 0 Å². The van der Waals surface area contributed by atoms with Gasteiger partial charge in [-0.15, -0.1) is 0 Å². The van der Waals surface area contributed by atoms with Gasteiger partial charge in [0.2, 0.25) is 10.0 Å². The molecule has 0 amide bonds. The standard InChI is InChI=1S/C11H13BrN2O2S/c1-2-3-6-17(15,16)14-11-5-4-9(8-13)7-10(11)12/h4-5,7,14H,2-3,6H2,1H3. The Balaban J connectivity index is 2.86. The van der Waals surface area contributed by atoms with Crippen LogP contribution < -0.4 is 4.72 Å². The Hall–Kier alpha value is -1.06. The van der Waals surface area contributed by atoms with Gasteiger partial charge in [0.15, 0.2) is 0 Å². The number of nitrogens with one attached hydrogen (secondary N) is 1. The van der Waals surface area contributed by atoms with E-state index >= 15 is 0 Å². The Bertz CT molecular complexity index is 535. The Kier molecular flexibility index (Phi) is 4.97. The summed E-state index contributed by atoms with van der Waals surface area (Å²) < 4.78 is 26.4. The van der Waals surface area contributed by atoms with Crippen molar-refractivity contribution >= 4 is 31.6 Å². The molecule has 0 saturated heterocycles. The predicted octanol–water partition coefficient (Wildman–Crippen LogP) is 2.86. The summed E-state index contributed by atoms with van der Waals surface area (Å²) >= 11 is 3.23. The highest BCUT2D eigenvalue weighted by atomic mass is 79.9. The molecule has 1 aromatic rings. The van der Waals surface area contributed by atoms with Crippen molar-refractivity contribution in [2.24, 2.45) is 0 Å². The molecule has 0 fully saturated rings. The number of nitrogens with zero attached hydrogens (tertiary/aromatic N) is 1. The molecule has 0 aromatic heterocycles. The molecule has 0 heterocycles. The highest BCUT2D eigenvalue weighted by Gasteiger charge is 2.11. The van der Waals surface area contributed by atoms with Crippen molar-refractivity contribution in [2.45, 2.75) is 19.8 Å². The molecule has 0 saturated carbocycles. The van der Waals surface area contributed by atoms with Crippen molar-refractivity contribution in [2.75, 3.05) is 10.5 Å². The number of sulfonamides is 1. The molecule has 17 heavy (non-hydrogen) atoms. The van der Waals surface area contributed by atoms with Gasteiger partial charge in [-0.25, -0.2) is 8.42 Å². The number of rotatable bonds is 5. The molecule has 0 atom stereocenters. The topological polar surface area (TPSA) is 70.0 Å². The number of hydrogen-bond acceptors (Lipinski definition) is 3. The van der Waals surface area contributed by atoms with Crippen LogP contribution >= 0.6 is 15.9 Å². The molecule has 1 aromatic carbocycles. The summed E-state index contributed by atoms with van der Waals surface area (Å²) in [4.78, 5) is 0. The number of anilines is 1. The Morgan fingerprint density at radius 1 is 1.47 bits per heavy atom. The molecule has 0 radical (unpaired) electrons. The molecular formula is C11H13BrN2O2S. The molecule has 0 unspecified atom stereocenters. The van der Waals surface area contributed by atoms with Crippen molar-refractivity contribution in [3.63, 3.8) is 0 Å². The molecule has 0 aliphatic carbocycles. The molecule has 4 nitrogen and oxygen atoms in total. The zero-order valence-electron chi connectivity index (χ0n) is 9.40. The summed E-state index contributed by atoms with van der Waals surface area (Å²) in [7, 11) is -3.30. The lowest BCUT2D eigenvalue weighted by molar-refractivity contribution is 0.598. The van der Waals surface area contributed by atoms with E-state index in [1.807, 2.05) is 13.0 Å². The van der Waals surface area contributed by atoms with Gasteiger partial charge in [0.25, 0.3) is 0 Å². The first-order valence-corrected chi connectivity index (χ1v) is 7.63. The monoisotopic (exact) mass is 316 g/mol. The summed E-state index contributed by atoms with van der Waals surface area (Å²) in [5.74, 6) is 0.107. The minimum Gasteiger partial charge on any atom is -0.282 e. The minimum absolute atomic E-state index is 0.107. The second-order valence-electron chi connectivity index (χ2n) is 3.58. The zero-order chi connectivity index (χ0) is 12.9. The molecule has 0 aliphatic rings. The SMILES string of the molecule is CCCCS(=O)(=O)Nc1ccc(C#N)cc1Br. The van der Waals surface area contributed by atoms with Crippen LogP contribution in [0.1, 0.15) is 25.3 Å². The zero-order valence-corrected chi connectivity index (χ0v) is 11.8. The molecule has 6 heteroatoms. The summed E-state index contributed by atoms with van der Waals surface area (Å²) in [5, 5.41) is 8.69. The van der Waals surface area contributed by atoms with E-state index in [0.29, 0.717) is 22.1 Å². The number of hydrogen-bond donors (Lipinski definition) is 1. The third kappa shape index (κ3) is 4.36. The maximum atomic E-state index is 11.7. The van der Waals surface area contributed by atoms with Crippen LogP contribution in [0.15, 0.2) is 22.7 Å². The highest BCUT2D eigenvalue weighted by molar-refractivity contribution is 9.10. The summed E-state index contributed by atoms with van der Waals surface area (Å²) in [5.41, 5.74) is 0.938. The number of nitriles is 1. The molecule has 0 bridgehead atoms. The quantitative estimate of drug-likeness (QED) is 0.908. The van der Waals surface area contributed by atoms with Crippen LogP contribution in [-0.4, -0.2) is 14.2 Å². The van der Waals surface area contributed by atoms with Gasteiger partial charge < -0.3 is 0 Å². The van der Waals surface area contributed by atoms with Crippen LogP contribution in [0.4, 0.5) is 5.69 Å². The Morgan fingerprint density at radius 2 is 2.18 bits per heavy atom. The maximum Gasteiger partial charge on any atom is 0.232 e. The van der Waals surface area contributed by atoms with Crippen LogP contribution in [0.25, 0.3) is 0 Å². The lowest BCUT2D eigenvalue weighted by Crippen LogP contribution is -2.16. The number of unbranched alkanes of at least 4 members (excludes halogenated alkanes) is 1. The lowest BCUT2D eigenvalue weighted by Gasteiger charge is -2.09. The Morgan fingerprint density at radius 3 is 2.71 bits per heavy atom. The fourth-order valence-electron chi connectivity index (χ4n) is 1.22. The van der Waals surface area contributed by atoms with E-state index in [0.717, 1.165) is 6.42 Å². The second kappa shape index (κ2) is 6.03. The molecule has 92 valence electrons. The smallest absolute Gasteiger partial charge is 0.232 e. The van der Waals surface area contributed by atoms with Gasteiger partial charge in [-0.3, -0.25) is 4.72 Å². The average Bonchev–Trinajstić information content (AvgIpc) is 2.29. The van der Waals surface area contributed by atoms with E-state index in [-0.39, 0.29) is 5.75 Å². The Labute approximate surface area is 110 Å². The third-order valence-corrected chi connectivity index (χ3v) is 4.14. The van der Waals surface area contributed by atoms with Crippen LogP contribution in [-0.2, 0) is 10.0 Å². The van der Waals surface area contributed by atoms with Crippen molar-refractivity contribution in [3.8, 4) is 6.07 Å². The van der Waals surface area contributed by atoms with Crippen molar-refractivity contribution in [1.29, 1.82) is 5.26 Å². The van der Waals surface area contributed by atoms with E-state index in [4.69, 9.17) is 5.26 Å². The normalized spacial score (nSPS) is 10.9. The highest BCUT2D eigenvalue weighted by Crippen LogP contribution is 2.24. The first-order chi connectivity index (χ1) is 7.98. The van der Waals surface area contributed by atoms with E-state index in [9.17, 15) is 8.42 Å². The van der Waals surface area contributed by atoms with Gasteiger partial charge in [-0.05, 0) is 40.5 Å². The van der Waals surface area contributed by atoms with Gasteiger partial charge in [0.1, 0.15) is 0 Å². The predicted molar refractivity (Wildman–Crippen MR) is 71.2 cm³/mol. The minimum atomic E-state index is -3.30. The fraction of sp³-hybridized carbons (Fsp3) is 0.364. The lowest BCUT2D eigenvalue weighted by atomic mass is 10.2. The average molecular weight is 317 g/mol. The van der Waals surface area contributed by atoms with E-state index in [1.54, 1.807) is 18.2 Å². The first-order valence-electron chi connectivity index (χ1n) is 5.18. The van der Waals surface area contributed by atoms with Crippen LogP contribution in [0.5, 0.6) is 0 Å². The third-order valence-electron chi connectivity index (χ3n) is 2.13. The van der Waals surface area contributed by atoms with Crippen LogP contribution in [0.3, 0.4) is 0 Å². The molecule has 0 aliphatic heterocycles. The maximum absolute atomic E-state index is 11.7. The van der Waals surface area contributed by atoms with E-state index in [2.05, 4.69) is 20.7 Å². The van der Waals surface area contributed by atoms with Gasteiger partial charge in [0, 0.05) is 4.47 Å². The van der Waals surface area contributed by atoms with Gasteiger partial charge in [-0.2, -0.15) is 5.26 Å². The summed E-state index contributed by atoms with van der Waals surface area (Å²) in [6.45, 7) is 1.94. The van der Waals surface area contributed by atoms with E-state index in [1.165, 1.54) is 0 Å².